The number of halogens is 3. The normalized spacial score (nSPS) is 30.6. The number of aromatic nitrogens is 3. The minimum absolute atomic E-state index is 0.121. The van der Waals surface area contributed by atoms with Crippen LogP contribution in [0.25, 0.3) is 11.3 Å². The van der Waals surface area contributed by atoms with Gasteiger partial charge in [0.05, 0.1) is 30.0 Å². The summed E-state index contributed by atoms with van der Waals surface area (Å²) in [6.07, 6.45) is -0.808. The summed E-state index contributed by atoms with van der Waals surface area (Å²) in [7, 11) is 2.21. The monoisotopic (exact) mass is 490 g/mol. The maximum absolute atomic E-state index is 13.4. The van der Waals surface area contributed by atoms with Gasteiger partial charge < -0.3 is 10.5 Å². The van der Waals surface area contributed by atoms with Gasteiger partial charge >= 0.3 is 6.18 Å². The summed E-state index contributed by atoms with van der Waals surface area (Å²) < 4.78 is 47.7. The van der Waals surface area contributed by atoms with Gasteiger partial charge in [-0.05, 0) is 57.7 Å². The molecule has 2 N–H and O–H groups in total. The fourth-order valence-electron chi connectivity index (χ4n) is 6.66. The number of rotatable bonds is 4. The number of anilines is 1. The van der Waals surface area contributed by atoms with Crippen LogP contribution in [0.5, 0.6) is 0 Å². The highest BCUT2D eigenvalue weighted by molar-refractivity contribution is 5.63. The number of ether oxygens (including phenoxy) is 1. The first-order valence-corrected chi connectivity index (χ1v) is 12.5. The van der Waals surface area contributed by atoms with E-state index in [1.165, 1.54) is 19.0 Å². The first-order chi connectivity index (χ1) is 16.6. The molecular weight excluding hydrogens is 457 g/mol. The Balaban J connectivity index is 1.20. The minimum atomic E-state index is -4.55. The molecule has 35 heavy (non-hydrogen) atoms. The molecule has 4 aliphatic rings. The average Bonchev–Trinajstić information content (AvgIpc) is 3.13. The summed E-state index contributed by atoms with van der Waals surface area (Å²) in [5, 5.41) is 4.71. The zero-order valence-corrected chi connectivity index (χ0v) is 20.4. The van der Waals surface area contributed by atoms with Gasteiger partial charge in [0, 0.05) is 55.1 Å². The first-order valence-electron chi connectivity index (χ1n) is 12.5. The number of likely N-dealkylation sites (N-methyl/N-ethyl adjacent to an activating group) is 1. The Kier molecular flexibility index (Phi) is 5.26. The molecular formula is C25H33F3N6O. The third kappa shape index (κ3) is 3.76. The van der Waals surface area contributed by atoms with Gasteiger partial charge in [0.25, 0.3) is 0 Å². The number of pyridine rings is 1. The van der Waals surface area contributed by atoms with E-state index in [9.17, 15) is 13.2 Å². The smallest absolute Gasteiger partial charge is 0.383 e. The van der Waals surface area contributed by atoms with Crippen LogP contribution in [0, 0.1) is 11.8 Å². The molecule has 0 bridgehead atoms. The van der Waals surface area contributed by atoms with Gasteiger partial charge in [-0.3, -0.25) is 14.5 Å². The highest BCUT2D eigenvalue weighted by Gasteiger charge is 2.59. The molecule has 190 valence electrons. The number of hydrogen-bond acceptors (Lipinski definition) is 6. The fourth-order valence-corrected chi connectivity index (χ4v) is 6.66. The van der Waals surface area contributed by atoms with E-state index in [-0.39, 0.29) is 11.6 Å². The summed E-state index contributed by atoms with van der Waals surface area (Å²) in [6.45, 7) is 9.05. The van der Waals surface area contributed by atoms with Gasteiger partial charge in [0.15, 0.2) is 0 Å². The molecule has 2 aromatic rings. The van der Waals surface area contributed by atoms with Crippen LogP contribution in [0.1, 0.15) is 49.9 Å². The molecule has 2 unspecified atom stereocenters. The number of piperazine rings is 1. The molecule has 2 saturated carbocycles. The molecule has 2 aliphatic carbocycles. The van der Waals surface area contributed by atoms with E-state index >= 15 is 0 Å². The summed E-state index contributed by atoms with van der Waals surface area (Å²) in [4.78, 5) is 8.94. The molecule has 4 heterocycles. The SMILES string of the molecule is CC(C)n1nc(-c2cnc(N)c(C(F)(F)F)c2)cc1C1[C@H]2CC(N3CCN(C)C4(COC4)C3)C[C@@H]12. The molecule has 1 spiro atoms. The number of nitrogens with zero attached hydrogens (tertiary/aromatic N) is 5. The van der Waals surface area contributed by atoms with E-state index in [1.807, 2.05) is 10.7 Å². The molecule has 2 aliphatic heterocycles. The topological polar surface area (TPSA) is 72.4 Å². The highest BCUT2D eigenvalue weighted by Crippen LogP contribution is 2.64. The van der Waals surface area contributed by atoms with E-state index in [4.69, 9.17) is 15.6 Å². The number of alkyl halides is 3. The Hall–Kier alpha value is -2.17. The van der Waals surface area contributed by atoms with Crippen LogP contribution < -0.4 is 5.73 Å². The van der Waals surface area contributed by atoms with Gasteiger partial charge in [-0.1, -0.05) is 0 Å². The minimum Gasteiger partial charge on any atom is -0.383 e. The van der Waals surface area contributed by atoms with Crippen molar-refractivity contribution in [1.29, 1.82) is 0 Å². The van der Waals surface area contributed by atoms with Crippen LogP contribution in [0.3, 0.4) is 0 Å². The zero-order valence-electron chi connectivity index (χ0n) is 20.4. The third-order valence-corrected chi connectivity index (χ3v) is 8.82. The van der Waals surface area contributed by atoms with Gasteiger partial charge in [0.1, 0.15) is 5.82 Å². The van der Waals surface area contributed by atoms with Crippen molar-refractivity contribution in [2.75, 3.05) is 45.6 Å². The van der Waals surface area contributed by atoms with Gasteiger partial charge in [-0.2, -0.15) is 18.3 Å². The van der Waals surface area contributed by atoms with Crippen LogP contribution in [-0.4, -0.2) is 76.0 Å². The first kappa shape index (κ1) is 23.2. The lowest BCUT2D eigenvalue weighted by Crippen LogP contribution is -2.71. The molecule has 0 amide bonds. The van der Waals surface area contributed by atoms with Gasteiger partial charge in [-0.25, -0.2) is 4.98 Å². The van der Waals surface area contributed by atoms with Crippen LogP contribution in [0.15, 0.2) is 18.3 Å². The largest absolute Gasteiger partial charge is 0.419 e. The van der Waals surface area contributed by atoms with E-state index in [0.717, 1.165) is 44.6 Å². The standard InChI is InChI=1S/C25H33F3N6O/c1-14(2)34-21(9-20(31-34)15-6-19(25(26,27)28)23(29)30-10-15)22-17-7-16(8-18(17)22)33-5-4-32(3)24(11-33)12-35-13-24/h6,9-10,14,16-18,22H,4-5,7-8,11-13H2,1-3H3,(H2,29,30)/t16?,17-,18+,22?. The lowest BCUT2D eigenvalue weighted by atomic mass is 9.90. The van der Waals surface area contributed by atoms with Gasteiger partial charge in [0.2, 0.25) is 0 Å². The quantitative estimate of drug-likeness (QED) is 0.706. The molecule has 6 rings (SSSR count). The Morgan fingerprint density at radius 2 is 1.86 bits per heavy atom. The zero-order chi connectivity index (χ0) is 24.7. The maximum atomic E-state index is 13.4. The molecule has 2 aromatic heterocycles. The predicted molar refractivity (Wildman–Crippen MR) is 126 cm³/mol. The van der Waals surface area contributed by atoms with E-state index < -0.39 is 17.6 Å². The van der Waals surface area contributed by atoms with Crippen LogP contribution in [0.4, 0.5) is 19.0 Å². The molecule has 10 heteroatoms. The van der Waals surface area contributed by atoms with Crippen molar-refractivity contribution in [2.24, 2.45) is 11.8 Å². The Morgan fingerprint density at radius 3 is 2.46 bits per heavy atom. The molecule has 2 saturated heterocycles. The maximum Gasteiger partial charge on any atom is 0.419 e. The van der Waals surface area contributed by atoms with Crippen molar-refractivity contribution >= 4 is 5.82 Å². The van der Waals surface area contributed by atoms with E-state index in [1.54, 1.807) is 0 Å². The highest BCUT2D eigenvalue weighted by atomic mass is 19.4. The predicted octanol–water partition coefficient (Wildman–Crippen LogP) is 3.64. The van der Waals surface area contributed by atoms with Crippen LogP contribution in [-0.2, 0) is 10.9 Å². The summed E-state index contributed by atoms with van der Waals surface area (Å²) in [6, 6.07) is 3.77. The summed E-state index contributed by atoms with van der Waals surface area (Å²) >= 11 is 0. The lowest BCUT2D eigenvalue weighted by Gasteiger charge is -2.55. The average molecular weight is 491 g/mol. The second kappa shape index (κ2) is 7.91. The van der Waals surface area contributed by atoms with Crippen molar-refractivity contribution < 1.29 is 17.9 Å². The summed E-state index contributed by atoms with van der Waals surface area (Å²) in [5.74, 6) is 1.15. The van der Waals surface area contributed by atoms with Crippen molar-refractivity contribution in [3.8, 4) is 11.3 Å². The molecule has 4 fully saturated rings. The number of fused-ring (bicyclic) bond motifs is 1. The van der Waals surface area contributed by atoms with Crippen molar-refractivity contribution in [3.05, 3.63) is 29.6 Å². The second-order valence-electron chi connectivity index (χ2n) is 11.2. The van der Waals surface area contributed by atoms with Crippen molar-refractivity contribution in [1.82, 2.24) is 24.6 Å². The van der Waals surface area contributed by atoms with Crippen molar-refractivity contribution in [3.63, 3.8) is 0 Å². The third-order valence-electron chi connectivity index (χ3n) is 8.82. The molecule has 4 atom stereocenters. The Labute approximate surface area is 203 Å². The Morgan fingerprint density at radius 1 is 1.14 bits per heavy atom. The molecule has 7 nitrogen and oxygen atoms in total. The van der Waals surface area contributed by atoms with Crippen LogP contribution >= 0.6 is 0 Å². The lowest BCUT2D eigenvalue weighted by molar-refractivity contribution is -0.166. The van der Waals surface area contributed by atoms with E-state index in [0.29, 0.717) is 35.1 Å². The van der Waals surface area contributed by atoms with Crippen molar-refractivity contribution in [2.45, 2.75) is 56.4 Å². The Bertz CT molecular complexity index is 1110. The number of hydrogen-bond donors (Lipinski definition) is 1. The van der Waals surface area contributed by atoms with E-state index in [2.05, 4.69) is 35.7 Å². The fraction of sp³-hybridized carbons (Fsp3) is 0.680. The number of nitrogen functional groups attached to an aromatic ring is 1. The van der Waals surface area contributed by atoms with Gasteiger partial charge in [-0.15, -0.1) is 0 Å². The van der Waals surface area contributed by atoms with Crippen LogP contribution in [0.2, 0.25) is 0 Å². The molecule has 0 aromatic carbocycles. The summed E-state index contributed by atoms with van der Waals surface area (Å²) in [5.41, 5.74) is 6.79. The second-order valence-corrected chi connectivity index (χ2v) is 11.2. The molecule has 0 radical (unpaired) electrons. The number of nitrogens with two attached hydrogens (primary N) is 1.